The zero-order valence-corrected chi connectivity index (χ0v) is 21.6. The first-order chi connectivity index (χ1) is 18.0. The third-order valence-corrected chi connectivity index (χ3v) is 8.24. The van der Waals surface area contributed by atoms with Gasteiger partial charge in [0, 0.05) is 31.1 Å². The van der Waals surface area contributed by atoms with Crippen LogP contribution in [0, 0.1) is 11.3 Å². The van der Waals surface area contributed by atoms with Gasteiger partial charge in [0.25, 0.3) is 0 Å². The zero-order valence-electron chi connectivity index (χ0n) is 21.6. The van der Waals surface area contributed by atoms with Crippen molar-refractivity contribution in [3.05, 3.63) is 71.8 Å². The number of hydrogen-bond acceptors (Lipinski definition) is 5. The molecule has 0 bridgehead atoms. The normalized spacial score (nSPS) is 24.4. The molecule has 2 fully saturated rings. The minimum absolute atomic E-state index is 0.00921. The smallest absolute Gasteiger partial charge is 0.318 e. The van der Waals surface area contributed by atoms with E-state index < -0.39 is 11.3 Å². The zero-order chi connectivity index (χ0) is 25.8. The van der Waals surface area contributed by atoms with Gasteiger partial charge in [-0.25, -0.2) is 0 Å². The molecule has 196 valence electrons. The van der Waals surface area contributed by atoms with Gasteiger partial charge in [0.15, 0.2) is 0 Å². The Balaban J connectivity index is 1.34. The van der Waals surface area contributed by atoms with E-state index in [9.17, 15) is 14.4 Å². The molecule has 3 heterocycles. The number of piperidine rings is 2. The van der Waals surface area contributed by atoms with Crippen molar-refractivity contribution in [2.75, 3.05) is 19.7 Å². The van der Waals surface area contributed by atoms with E-state index in [0.717, 1.165) is 25.7 Å². The van der Waals surface area contributed by atoms with Crippen LogP contribution in [0.15, 0.2) is 64.9 Å². The highest BCUT2D eigenvalue weighted by Gasteiger charge is 2.54. The van der Waals surface area contributed by atoms with Crippen LogP contribution in [0.2, 0.25) is 0 Å². The number of rotatable bonds is 7. The number of likely N-dealkylation sites (tertiary alicyclic amines) is 2. The topological polar surface area (TPSA) is 80.1 Å². The standard InChI is InChI=1S/C30H36N2O5/c1-2-36-29(35)30-15-7-6-12-26(30)32(21-25-11-8-18-37-25)28(34)24(20-30)19-27(33)31-16-13-23(14-17-31)22-9-4-3-5-10-22/h3-5,8-12,18,23-24H,2,6-7,13-17,19-21H2,1H3/t24-,30+/m1/s1. The van der Waals surface area contributed by atoms with Gasteiger partial charge in [-0.2, -0.15) is 0 Å². The summed E-state index contributed by atoms with van der Waals surface area (Å²) < 4.78 is 11.1. The molecule has 0 spiro atoms. The number of ether oxygens (including phenoxy) is 1. The maximum absolute atomic E-state index is 13.8. The summed E-state index contributed by atoms with van der Waals surface area (Å²) in [6, 6.07) is 14.1. The molecule has 1 aromatic carbocycles. The van der Waals surface area contributed by atoms with Crippen molar-refractivity contribution in [2.24, 2.45) is 11.3 Å². The number of esters is 1. The molecule has 37 heavy (non-hydrogen) atoms. The number of hydrogen-bond donors (Lipinski definition) is 0. The molecule has 5 rings (SSSR count). The van der Waals surface area contributed by atoms with Gasteiger partial charge in [0.05, 0.1) is 19.4 Å². The predicted molar refractivity (Wildman–Crippen MR) is 138 cm³/mol. The Kier molecular flexibility index (Phi) is 7.49. The van der Waals surface area contributed by atoms with E-state index in [0.29, 0.717) is 43.3 Å². The van der Waals surface area contributed by atoms with Crippen LogP contribution < -0.4 is 0 Å². The van der Waals surface area contributed by atoms with Crippen LogP contribution in [0.25, 0.3) is 0 Å². The summed E-state index contributed by atoms with van der Waals surface area (Å²) in [7, 11) is 0. The maximum Gasteiger partial charge on any atom is 0.318 e. The molecule has 0 unspecified atom stereocenters. The molecule has 1 aliphatic carbocycles. The highest BCUT2D eigenvalue weighted by atomic mass is 16.5. The van der Waals surface area contributed by atoms with E-state index >= 15 is 0 Å². The molecular formula is C30H36N2O5. The number of carbonyl (C=O) groups excluding carboxylic acids is 3. The number of nitrogens with zero attached hydrogens (tertiary/aromatic N) is 2. The van der Waals surface area contributed by atoms with Crippen molar-refractivity contribution in [1.29, 1.82) is 0 Å². The van der Waals surface area contributed by atoms with Gasteiger partial charge in [0.1, 0.15) is 11.2 Å². The van der Waals surface area contributed by atoms with E-state index in [-0.39, 0.29) is 37.4 Å². The lowest BCUT2D eigenvalue weighted by molar-refractivity contribution is -0.163. The van der Waals surface area contributed by atoms with Gasteiger partial charge >= 0.3 is 5.97 Å². The summed E-state index contributed by atoms with van der Waals surface area (Å²) in [6.07, 6.45) is 8.11. The molecule has 0 radical (unpaired) electrons. The Morgan fingerprint density at radius 2 is 1.89 bits per heavy atom. The second kappa shape index (κ2) is 11.0. The van der Waals surface area contributed by atoms with Crippen molar-refractivity contribution in [3.63, 3.8) is 0 Å². The summed E-state index contributed by atoms with van der Waals surface area (Å²) >= 11 is 0. The molecule has 3 aliphatic rings. The van der Waals surface area contributed by atoms with Gasteiger partial charge in [0.2, 0.25) is 11.8 Å². The Morgan fingerprint density at radius 3 is 2.59 bits per heavy atom. The number of allylic oxidation sites excluding steroid dienone is 1. The predicted octanol–water partition coefficient (Wildman–Crippen LogP) is 5.04. The second-order valence-corrected chi connectivity index (χ2v) is 10.5. The number of fused-ring (bicyclic) bond motifs is 1. The van der Waals surface area contributed by atoms with E-state index in [1.807, 2.05) is 23.1 Å². The molecule has 2 amide bonds. The van der Waals surface area contributed by atoms with Crippen molar-refractivity contribution < 1.29 is 23.5 Å². The van der Waals surface area contributed by atoms with Crippen LogP contribution in [0.4, 0.5) is 0 Å². The molecule has 0 N–H and O–H groups in total. The minimum atomic E-state index is -0.903. The number of carbonyl (C=O) groups is 3. The monoisotopic (exact) mass is 504 g/mol. The van der Waals surface area contributed by atoms with E-state index in [1.54, 1.807) is 24.2 Å². The average Bonchev–Trinajstić information content (AvgIpc) is 3.45. The highest BCUT2D eigenvalue weighted by Crippen LogP contribution is 2.50. The van der Waals surface area contributed by atoms with Crippen molar-refractivity contribution in [2.45, 2.75) is 64.3 Å². The van der Waals surface area contributed by atoms with Gasteiger partial charge < -0.3 is 19.0 Å². The lowest BCUT2D eigenvalue weighted by atomic mass is 9.66. The Labute approximate surface area is 218 Å². The van der Waals surface area contributed by atoms with Crippen molar-refractivity contribution >= 4 is 17.8 Å². The number of benzene rings is 1. The summed E-state index contributed by atoms with van der Waals surface area (Å²) in [5.41, 5.74) is 1.13. The first-order valence-corrected chi connectivity index (χ1v) is 13.6. The van der Waals surface area contributed by atoms with Crippen LogP contribution in [0.3, 0.4) is 0 Å². The van der Waals surface area contributed by atoms with Gasteiger partial charge in [-0.3, -0.25) is 14.4 Å². The first kappa shape index (κ1) is 25.3. The Hall–Kier alpha value is -3.35. The molecule has 0 saturated carbocycles. The fourth-order valence-corrected chi connectivity index (χ4v) is 6.36. The third-order valence-electron chi connectivity index (χ3n) is 8.24. The highest BCUT2D eigenvalue weighted by molar-refractivity contribution is 5.92. The minimum Gasteiger partial charge on any atom is -0.467 e. The van der Waals surface area contributed by atoms with E-state index in [2.05, 4.69) is 24.3 Å². The van der Waals surface area contributed by atoms with Gasteiger partial charge in [-0.05, 0) is 69.1 Å². The maximum atomic E-state index is 13.8. The third kappa shape index (κ3) is 5.09. The number of furan rings is 1. The first-order valence-electron chi connectivity index (χ1n) is 13.6. The van der Waals surface area contributed by atoms with Crippen molar-refractivity contribution in [3.8, 4) is 0 Å². The summed E-state index contributed by atoms with van der Waals surface area (Å²) in [5.74, 6) is 0.106. The quantitative estimate of drug-likeness (QED) is 0.494. The molecular weight excluding hydrogens is 468 g/mol. The van der Waals surface area contributed by atoms with Crippen molar-refractivity contribution in [1.82, 2.24) is 9.80 Å². The second-order valence-electron chi connectivity index (χ2n) is 10.5. The molecule has 2 saturated heterocycles. The molecule has 2 aliphatic heterocycles. The van der Waals surface area contributed by atoms with Gasteiger partial charge in [-0.1, -0.05) is 36.4 Å². The molecule has 2 aromatic rings. The Morgan fingerprint density at radius 1 is 1.11 bits per heavy atom. The van der Waals surface area contributed by atoms with Crippen LogP contribution in [0.5, 0.6) is 0 Å². The summed E-state index contributed by atoms with van der Waals surface area (Å²) in [5, 5.41) is 0. The van der Waals surface area contributed by atoms with Crippen LogP contribution in [-0.4, -0.2) is 47.3 Å². The van der Waals surface area contributed by atoms with E-state index in [1.165, 1.54) is 5.56 Å². The average molecular weight is 505 g/mol. The molecule has 7 nitrogen and oxygen atoms in total. The summed E-state index contributed by atoms with van der Waals surface area (Å²) in [4.78, 5) is 44.2. The Bertz CT molecular complexity index is 1130. The summed E-state index contributed by atoms with van der Waals surface area (Å²) in [6.45, 7) is 3.69. The fourth-order valence-electron chi connectivity index (χ4n) is 6.36. The lowest BCUT2D eigenvalue weighted by Gasteiger charge is -2.48. The van der Waals surface area contributed by atoms with Crippen LogP contribution >= 0.6 is 0 Å². The molecule has 1 aromatic heterocycles. The van der Waals surface area contributed by atoms with Crippen LogP contribution in [-0.2, 0) is 25.7 Å². The largest absolute Gasteiger partial charge is 0.467 e. The number of amides is 2. The lowest BCUT2D eigenvalue weighted by Crippen LogP contribution is -2.54. The van der Waals surface area contributed by atoms with Gasteiger partial charge in [-0.15, -0.1) is 0 Å². The van der Waals surface area contributed by atoms with E-state index in [4.69, 9.17) is 9.15 Å². The van der Waals surface area contributed by atoms with Crippen LogP contribution in [0.1, 0.15) is 69.1 Å². The molecule has 2 atom stereocenters. The SMILES string of the molecule is CCOC(=O)[C@]12CCCC=C1N(Cc1ccco1)C(=O)[C@H](CC(=O)N1CCC(c3ccccc3)CC1)C2. The fraction of sp³-hybridized carbons (Fsp3) is 0.500. The molecule has 7 heteroatoms.